The second-order valence-electron chi connectivity index (χ2n) is 3.90. The number of ketones is 1. The average Bonchev–Trinajstić information content (AvgIpc) is 2.20. The lowest BCUT2D eigenvalue weighted by atomic mass is 10.1. The molecule has 1 heterocycles. The summed E-state index contributed by atoms with van der Waals surface area (Å²) in [5, 5.41) is 2.94. The molecule has 0 amide bonds. The van der Waals surface area contributed by atoms with E-state index in [1.807, 2.05) is 26.0 Å². The van der Waals surface area contributed by atoms with Crippen LogP contribution < -0.4 is 5.32 Å². The topological polar surface area (TPSA) is 42.0 Å². The number of aromatic nitrogens is 1. The minimum Gasteiger partial charge on any atom is -0.347 e. The van der Waals surface area contributed by atoms with Crippen LogP contribution in [-0.4, -0.2) is 10.8 Å². The molecule has 0 radical (unpaired) electrons. The normalized spacial score (nSPS) is 11.0. The first-order valence-corrected chi connectivity index (χ1v) is 5.94. The average molecular weight is 283 g/mol. The van der Waals surface area contributed by atoms with E-state index < -0.39 is 0 Å². The predicted molar refractivity (Wildman–Crippen MR) is 69.2 cm³/mol. The molecule has 0 unspecified atom stereocenters. The zero-order valence-corrected chi connectivity index (χ0v) is 11.0. The molecule has 1 aromatic rings. The summed E-state index contributed by atoms with van der Waals surface area (Å²) in [7, 11) is 0. The number of hydrogen-bond acceptors (Lipinski definition) is 3. The van der Waals surface area contributed by atoms with E-state index in [0.29, 0.717) is 12.3 Å². The van der Waals surface area contributed by atoms with Crippen molar-refractivity contribution in [2.75, 3.05) is 5.32 Å². The van der Waals surface area contributed by atoms with E-state index in [1.165, 1.54) is 0 Å². The zero-order chi connectivity index (χ0) is 12.0. The van der Waals surface area contributed by atoms with Crippen molar-refractivity contribution in [3.63, 3.8) is 0 Å². The molecule has 0 aromatic carbocycles. The first-order valence-electron chi connectivity index (χ1n) is 5.15. The third kappa shape index (κ3) is 5.07. The first kappa shape index (κ1) is 12.9. The molecule has 0 saturated heterocycles. The number of hydrogen-bond donors (Lipinski definition) is 1. The minimum atomic E-state index is 0.125. The van der Waals surface area contributed by atoms with Gasteiger partial charge in [-0.05, 0) is 40.1 Å². The summed E-state index contributed by atoms with van der Waals surface area (Å²) < 4.78 is 0.929. The number of anilines is 1. The van der Waals surface area contributed by atoms with Crippen molar-refractivity contribution in [1.29, 1.82) is 0 Å². The summed E-state index contributed by atoms with van der Waals surface area (Å²) in [5.74, 6) is 1.24. The molecule has 0 aliphatic heterocycles. The smallest absolute Gasteiger partial charge is 0.157 e. The SMILES string of the molecule is CC(C)CC(=O)C=CNc1ccc(Br)cn1. The van der Waals surface area contributed by atoms with Crippen LogP contribution in [0.2, 0.25) is 0 Å². The van der Waals surface area contributed by atoms with E-state index in [1.54, 1.807) is 18.5 Å². The number of halogens is 1. The fraction of sp³-hybridized carbons (Fsp3) is 0.333. The van der Waals surface area contributed by atoms with E-state index in [9.17, 15) is 4.79 Å². The monoisotopic (exact) mass is 282 g/mol. The maximum atomic E-state index is 11.3. The van der Waals surface area contributed by atoms with Crippen LogP contribution >= 0.6 is 15.9 Å². The lowest BCUT2D eigenvalue weighted by Crippen LogP contribution is -2.00. The Kier molecular flexibility index (Phi) is 5.19. The maximum Gasteiger partial charge on any atom is 0.157 e. The van der Waals surface area contributed by atoms with Crippen LogP contribution in [0.1, 0.15) is 20.3 Å². The number of carbonyl (C=O) groups is 1. The maximum absolute atomic E-state index is 11.3. The van der Waals surface area contributed by atoms with Crippen molar-refractivity contribution in [2.45, 2.75) is 20.3 Å². The molecule has 0 spiro atoms. The molecule has 0 aliphatic carbocycles. The van der Waals surface area contributed by atoms with Crippen molar-refractivity contribution in [1.82, 2.24) is 4.98 Å². The van der Waals surface area contributed by atoms with Gasteiger partial charge in [-0.15, -0.1) is 0 Å². The highest BCUT2D eigenvalue weighted by Crippen LogP contribution is 2.10. The highest BCUT2D eigenvalue weighted by molar-refractivity contribution is 9.10. The first-order chi connectivity index (χ1) is 7.58. The van der Waals surface area contributed by atoms with E-state index in [2.05, 4.69) is 26.2 Å². The highest BCUT2D eigenvalue weighted by Gasteiger charge is 1.99. The molecule has 0 fully saturated rings. The summed E-state index contributed by atoms with van der Waals surface area (Å²) in [5.41, 5.74) is 0. The predicted octanol–water partition coefficient (Wildman–Crippen LogP) is 3.38. The molecular weight excluding hydrogens is 268 g/mol. The van der Waals surface area contributed by atoms with Gasteiger partial charge in [0.25, 0.3) is 0 Å². The van der Waals surface area contributed by atoms with Gasteiger partial charge in [0.05, 0.1) is 0 Å². The van der Waals surface area contributed by atoms with Crippen molar-refractivity contribution < 1.29 is 4.79 Å². The third-order valence-corrected chi connectivity index (χ3v) is 2.31. The van der Waals surface area contributed by atoms with Crippen molar-refractivity contribution in [3.05, 3.63) is 35.1 Å². The highest BCUT2D eigenvalue weighted by atomic mass is 79.9. The Morgan fingerprint density at radius 1 is 1.56 bits per heavy atom. The van der Waals surface area contributed by atoms with Crippen LogP contribution in [0.3, 0.4) is 0 Å². The Balaban J connectivity index is 2.42. The summed E-state index contributed by atoms with van der Waals surface area (Å²) in [6.45, 7) is 4.05. The van der Waals surface area contributed by atoms with E-state index in [4.69, 9.17) is 0 Å². The molecule has 0 aliphatic rings. The van der Waals surface area contributed by atoms with Crippen LogP contribution in [-0.2, 0) is 4.79 Å². The summed E-state index contributed by atoms with van der Waals surface area (Å²) in [6.07, 6.45) is 5.45. The molecule has 3 nitrogen and oxygen atoms in total. The van der Waals surface area contributed by atoms with Gasteiger partial charge in [-0.3, -0.25) is 4.79 Å². The molecule has 16 heavy (non-hydrogen) atoms. The Morgan fingerprint density at radius 2 is 2.31 bits per heavy atom. The fourth-order valence-corrected chi connectivity index (χ4v) is 1.39. The summed E-state index contributed by atoms with van der Waals surface area (Å²) in [4.78, 5) is 15.5. The van der Waals surface area contributed by atoms with Gasteiger partial charge in [0.2, 0.25) is 0 Å². The van der Waals surface area contributed by atoms with E-state index in [0.717, 1.165) is 10.3 Å². The van der Waals surface area contributed by atoms with E-state index >= 15 is 0 Å². The lowest BCUT2D eigenvalue weighted by molar-refractivity contribution is -0.115. The molecule has 1 aromatic heterocycles. The Hall–Kier alpha value is -1.16. The van der Waals surface area contributed by atoms with Crippen LogP contribution in [0.5, 0.6) is 0 Å². The third-order valence-electron chi connectivity index (χ3n) is 1.84. The van der Waals surface area contributed by atoms with Crippen molar-refractivity contribution >= 4 is 27.5 Å². The fourth-order valence-electron chi connectivity index (χ4n) is 1.15. The van der Waals surface area contributed by atoms with Gasteiger partial charge < -0.3 is 5.32 Å². The second-order valence-corrected chi connectivity index (χ2v) is 4.82. The van der Waals surface area contributed by atoms with Gasteiger partial charge in [0, 0.05) is 23.3 Å². The molecular formula is C12H15BrN2O. The van der Waals surface area contributed by atoms with Gasteiger partial charge in [-0.1, -0.05) is 13.8 Å². The van der Waals surface area contributed by atoms with Crippen LogP contribution in [0, 0.1) is 5.92 Å². The zero-order valence-electron chi connectivity index (χ0n) is 9.40. The lowest BCUT2D eigenvalue weighted by Gasteiger charge is -2.00. The molecule has 4 heteroatoms. The number of pyridine rings is 1. The van der Waals surface area contributed by atoms with Crippen LogP contribution in [0.15, 0.2) is 35.1 Å². The van der Waals surface area contributed by atoms with Crippen molar-refractivity contribution in [2.24, 2.45) is 5.92 Å². The quantitative estimate of drug-likeness (QED) is 0.842. The number of nitrogens with zero attached hydrogens (tertiary/aromatic N) is 1. The van der Waals surface area contributed by atoms with Crippen molar-refractivity contribution in [3.8, 4) is 0 Å². The molecule has 86 valence electrons. The minimum absolute atomic E-state index is 0.125. The second kappa shape index (κ2) is 6.43. The summed E-state index contributed by atoms with van der Waals surface area (Å²) in [6, 6.07) is 3.72. The van der Waals surface area contributed by atoms with Gasteiger partial charge >= 0.3 is 0 Å². The van der Waals surface area contributed by atoms with Gasteiger partial charge in [0.1, 0.15) is 5.82 Å². The number of carbonyl (C=O) groups excluding carboxylic acids is 1. The van der Waals surface area contributed by atoms with Crippen LogP contribution in [0.4, 0.5) is 5.82 Å². The Morgan fingerprint density at radius 3 is 2.88 bits per heavy atom. The van der Waals surface area contributed by atoms with E-state index in [-0.39, 0.29) is 5.78 Å². The number of nitrogens with one attached hydrogen (secondary N) is 1. The molecule has 0 bridgehead atoms. The van der Waals surface area contributed by atoms with Gasteiger partial charge in [0.15, 0.2) is 5.78 Å². The van der Waals surface area contributed by atoms with Gasteiger partial charge in [-0.25, -0.2) is 4.98 Å². The molecule has 0 atom stereocenters. The number of rotatable bonds is 5. The largest absolute Gasteiger partial charge is 0.347 e. The Bertz CT molecular complexity index is 371. The van der Waals surface area contributed by atoms with Crippen LogP contribution in [0.25, 0.3) is 0 Å². The molecule has 1 rings (SSSR count). The standard InChI is InChI=1S/C12H15BrN2O/c1-9(2)7-11(16)5-6-14-12-4-3-10(13)8-15-12/h3-6,8-9H,7H2,1-2H3,(H,14,15). The molecule has 0 saturated carbocycles. The molecule has 1 N–H and O–H groups in total. The summed E-state index contributed by atoms with van der Waals surface area (Å²) >= 11 is 3.30. The number of allylic oxidation sites excluding steroid dienone is 1. The van der Waals surface area contributed by atoms with Gasteiger partial charge in [-0.2, -0.15) is 0 Å². The Labute approximate surface area is 104 Å².